The van der Waals surface area contributed by atoms with Crippen LogP contribution in [-0.2, 0) is 0 Å². The maximum atomic E-state index is 12.7. The van der Waals surface area contributed by atoms with Gasteiger partial charge in [0.15, 0.2) is 10.9 Å². The SMILES string of the molecule is Cc1cccc(C2CC2)c1Oc1nnc(Cl)cc1OC(=O)n1c(C)ccc1C. The summed E-state index contributed by atoms with van der Waals surface area (Å²) >= 11 is 5.99. The highest BCUT2D eigenvalue weighted by molar-refractivity contribution is 6.29. The lowest BCUT2D eigenvalue weighted by molar-refractivity contribution is 0.199. The van der Waals surface area contributed by atoms with Crippen LogP contribution in [0.5, 0.6) is 17.4 Å². The van der Waals surface area contributed by atoms with Gasteiger partial charge in [-0.1, -0.05) is 29.8 Å². The van der Waals surface area contributed by atoms with Crippen LogP contribution in [0.2, 0.25) is 5.15 Å². The van der Waals surface area contributed by atoms with E-state index in [1.807, 2.05) is 45.0 Å². The number of hydrogen-bond acceptors (Lipinski definition) is 5. The fourth-order valence-electron chi connectivity index (χ4n) is 3.21. The number of benzene rings is 1. The van der Waals surface area contributed by atoms with Gasteiger partial charge >= 0.3 is 6.09 Å². The summed E-state index contributed by atoms with van der Waals surface area (Å²) in [7, 11) is 0. The van der Waals surface area contributed by atoms with Gasteiger partial charge in [0, 0.05) is 17.5 Å². The number of carbonyl (C=O) groups excluding carboxylic acids is 1. The Balaban J connectivity index is 1.68. The van der Waals surface area contributed by atoms with Crippen LogP contribution >= 0.6 is 11.6 Å². The molecule has 0 aliphatic heterocycles. The topological polar surface area (TPSA) is 66.2 Å². The molecule has 0 atom stereocenters. The Hall–Kier alpha value is -2.86. The van der Waals surface area contributed by atoms with E-state index in [1.165, 1.54) is 10.6 Å². The number of rotatable bonds is 4. The summed E-state index contributed by atoms with van der Waals surface area (Å²) in [5, 5.41) is 7.99. The molecule has 2 aromatic heterocycles. The average molecular weight is 398 g/mol. The minimum absolute atomic E-state index is 0.108. The number of halogens is 1. The lowest BCUT2D eigenvalue weighted by Gasteiger charge is -2.15. The molecule has 1 aliphatic rings. The number of aryl methyl sites for hydroxylation is 3. The Morgan fingerprint density at radius 1 is 1.11 bits per heavy atom. The Morgan fingerprint density at radius 2 is 1.82 bits per heavy atom. The summed E-state index contributed by atoms with van der Waals surface area (Å²) in [6, 6.07) is 11.2. The Labute approximate surface area is 168 Å². The van der Waals surface area contributed by atoms with Crippen molar-refractivity contribution in [3.63, 3.8) is 0 Å². The molecule has 1 fully saturated rings. The van der Waals surface area contributed by atoms with Gasteiger partial charge in [0.05, 0.1) is 0 Å². The highest BCUT2D eigenvalue weighted by atomic mass is 35.5. The zero-order chi connectivity index (χ0) is 19.8. The first-order chi connectivity index (χ1) is 13.4. The van der Waals surface area contributed by atoms with E-state index in [1.54, 1.807) is 0 Å². The van der Waals surface area contributed by atoms with Crippen molar-refractivity contribution in [2.45, 2.75) is 39.5 Å². The number of aromatic nitrogens is 3. The predicted molar refractivity (Wildman–Crippen MR) is 106 cm³/mol. The molecule has 1 saturated carbocycles. The Bertz CT molecular complexity index is 1040. The largest absolute Gasteiger partial charge is 0.434 e. The molecule has 0 bridgehead atoms. The van der Waals surface area contributed by atoms with Gasteiger partial charge in [0.1, 0.15) is 5.75 Å². The molecule has 4 rings (SSSR count). The van der Waals surface area contributed by atoms with Gasteiger partial charge < -0.3 is 9.47 Å². The monoisotopic (exact) mass is 397 g/mol. The molecule has 0 radical (unpaired) electrons. The van der Waals surface area contributed by atoms with Crippen LogP contribution in [-0.4, -0.2) is 20.9 Å². The first-order valence-electron chi connectivity index (χ1n) is 9.11. The molecular weight excluding hydrogens is 378 g/mol. The van der Waals surface area contributed by atoms with E-state index < -0.39 is 6.09 Å². The van der Waals surface area contributed by atoms with Crippen LogP contribution < -0.4 is 9.47 Å². The van der Waals surface area contributed by atoms with Crippen LogP contribution in [0.3, 0.4) is 0 Å². The van der Waals surface area contributed by atoms with Crippen molar-refractivity contribution < 1.29 is 14.3 Å². The number of hydrogen-bond donors (Lipinski definition) is 0. The molecule has 0 amide bonds. The van der Waals surface area contributed by atoms with Gasteiger partial charge in [0.2, 0.25) is 0 Å². The third kappa shape index (κ3) is 3.60. The van der Waals surface area contributed by atoms with Gasteiger partial charge in [-0.2, -0.15) is 0 Å². The van der Waals surface area contributed by atoms with Gasteiger partial charge in [-0.25, -0.2) is 4.79 Å². The van der Waals surface area contributed by atoms with Crippen LogP contribution in [0.1, 0.15) is 41.3 Å². The molecule has 0 N–H and O–H groups in total. The second-order valence-corrected chi connectivity index (χ2v) is 7.41. The zero-order valence-corrected chi connectivity index (χ0v) is 16.7. The highest BCUT2D eigenvalue weighted by Gasteiger charge is 2.28. The Kier molecular flexibility index (Phi) is 4.81. The van der Waals surface area contributed by atoms with E-state index in [0.29, 0.717) is 5.92 Å². The molecule has 28 heavy (non-hydrogen) atoms. The van der Waals surface area contributed by atoms with Gasteiger partial charge in [0.25, 0.3) is 5.88 Å². The van der Waals surface area contributed by atoms with Gasteiger partial charge in [-0.3, -0.25) is 4.57 Å². The van der Waals surface area contributed by atoms with Crippen molar-refractivity contribution in [2.75, 3.05) is 0 Å². The van der Waals surface area contributed by atoms with Crippen molar-refractivity contribution in [1.82, 2.24) is 14.8 Å². The van der Waals surface area contributed by atoms with Crippen molar-refractivity contribution in [1.29, 1.82) is 0 Å². The molecular formula is C21H20ClN3O3. The van der Waals surface area contributed by atoms with E-state index in [2.05, 4.69) is 16.3 Å². The number of para-hydroxylation sites is 1. The molecule has 1 aliphatic carbocycles. The predicted octanol–water partition coefficient (Wildman–Crippen LogP) is 5.57. The lowest BCUT2D eigenvalue weighted by atomic mass is 10.1. The third-order valence-electron chi connectivity index (χ3n) is 4.81. The molecule has 0 spiro atoms. The number of carbonyl (C=O) groups is 1. The van der Waals surface area contributed by atoms with Gasteiger partial charge in [-0.05, 0) is 62.8 Å². The lowest BCUT2D eigenvalue weighted by Crippen LogP contribution is -2.19. The maximum absolute atomic E-state index is 12.7. The average Bonchev–Trinajstić information content (AvgIpc) is 3.43. The fraction of sp³-hybridized carbons (Fsp3) is 0.286. The first kappa shape index (κ1) is 18.5. The standard InChI is InChI=1S/C21H20ClN3O3/c1-12-5-4-6-16(15-9-10-15)19(12)28-20-17(11-18(22)23-24-20)27-21(26)25-13(2)7-8-14(25)3/h4-8,11,15H,9-10H2,1-3H3. The highest BCUT2D eigenvalue weighted by Crippen LogP contribution is 2.46. The second-order valence-electron chi connectivity index (χ2n) is 7.03. The van der Waals surface area contributed by atoms with Crippen LogP contribution in [0, 0.1) is 20.8 Å². The molecule has 7 heteroatoms. The van der Waals surface area contributed by atoms with Crippen molar-refractivity contribution >= 4 is 17.7 Å². The molecule has 0 unspecified atom stereocenters. The second kappa shape index (κ2) is 7.28. The van der Waals surface area contributed by atoms with Crippen molar-refractivity contribution in [3.8, 4) is 17.4 Å². The Morgan fingerprint density at radius 3 is 2.50 bits per heavy atom. The van der Waals surface area contributed by atoms with Crippen LogP contribution in [0.4, 0.5) is 4.79 Å². The summed E-state index contributed by atoms with van der Waals surface area (Å²) in [5.41, 5.74) is 3.66. The smallest absolute Gasteiger partial charge is 0.424 e. The minimum atomic E-state index is -0.555. The fourth-order valence-corrected chi connectivity index (χ4v) is 3.35. The van der Waals surface area contributed by atoms with E-state index in [-0.39, 0.29) is 16.8 Å². The summed E-state index contributed by atoms with van der Waals surface area (Å²) < 4.78 is 13.1. The normalized spacial score (nSPS) is 13.4. The number of ether oxygens (including phenoxy) is 2. The van der Waals surface area contributed by atoms with E-state index >= 15 is 0 Å². The number of nitrogens with zero attached hydrogens (tertiary/aromatic N) is 3. The quantitative estimate of drug-likeness (QED) is 0.575. The molecule has 144 valence electrons. The van der Waals surface area contributed by atoms with Gasteiger partial charge in [-0.15, -0.1) is 10.2 Å². The van der Waals surface area contributed by atoms with E-state index in [0.717, 1.165) is 41.1 Å². The van der Waals surface area contributed by atoms with Crippen molar-refractivity contribution in [3.05, 3.63) is 64.1 Å². The molecule has 3 aromatic rings. The summed E-state index contributed by atoms with van der Waals surface area (Å²) in [5.74, 6) is 1.46. The molecule has 0 saturated heterocycles. The maximum Gasteiger partial charge on any atom is 0.424 e. The zero-order valence-electron chi connectivity index (χ0n) is 15.9. The first-order valence-corrected chi connectivity index (χ1v) is 9.49. The van der Waals surface area contributed by atoms with Crippen LogP contribution in [0.25, 0.3) is 0 Å². The van der Waals surface area contributed by atoms with Crippen molar-refractivity contribution in [2.24, 2.45) is 0 Å². The molecule has 2 heterocycles. The van der Waals surface area contributed by atoms with E-state index in [4.69, 9.17) is 21.1 Å². The molecule has 1 aromatic carbocycles. The summed E-state index contributed by atoms with van der Waals surface area (Å²) in [6.07, 6.45) is 1.72. The summed E-state index contributed by atoms with van der Waals surface area (Å²) in [6.45, 7) is 5.64. The third-order valence-corrected chi connectivity index (χ3v) is 4.99. The van der Waals surface area contributed by atoms with Crippen LogP contribution in [0.15, 0.2) is 36.4 Å². The molecule has 6 nitrogen and oxygen atoms in total. The van der Waals surface area contributed by atoms with E-state index in [9.17, 15) is 4.79 Å². The summed E-state index contributed by atoms with van der Waals surface area (Å²) in [4.78, 5) is 12.7. The minimum Gasteiger partial charge on any atom is -0.434 e.